The molecule has 0 spiro atoms. The molecule has 0 bridgehead atoms. The Balaban J connectivity index is 1.76. The average molecular weight is 291 g/mol. The van der Waals surface area contributed by atoms with Crippen molar-refractivity contribution in [1.82, 2.24) is 9.97 Å². The van der Waals surface area contributed by atoms with Gasteiger partial charge in [-0.2, -0.15) is 0 Å². The first kappa shape index (κ1) is 13.9. The lowest BCUT2D eigenvalue weighted by atomic mass is 9.70. The molecule has 0 unspecified atom stereocenters. The van der Waals surface area contributed by atoms with Gasteiger partial charge in [-0.05, 0) is 55.2 Å². The highest BCUT2D eigenvalue weighted by Crippen LogP contribution is 2.42. The fraction of sp³-hybridized carbons (Fsp3) is 0.588. The van der Waals surface area contributed by atoms with Crippen molar-refractivity contribution >= 4 is 22.6 Å². The number of aromatic nitrogens is 2. The first-order chi connectivity index (χ1) is 9.43. The van der Waals surface area contributed by atoms with Gasteiger partial charge in [0.2, 0.25) is 0 Å². The summed E-state index contributed by atoms with van der Waals surface area (Å²) in [6, 6.07) is 5.87. The van der Waals surface area contributed by atoms with Crippen LogP contribution in [0.2, 0.25) is 5.02 Å². The van der Waals surface area contributed by atoms with Crippen LogP contribution < -0.4 is 0 Å². The lowest BCUT2D eigenvalue weighted by Gasteiger charge is -2.36. The van der Waals surface area contributed by atoms with Crippen molar-refractivity contribution in [3.05, 3.63) is 29.0 Å². The highest BCUT2D eigenvalue weighted by molar-refractivity contribution is 6.31. The van der Waals surface area contributed by atoms with E-state index in [-0.39, 0.29) is 0 Å². The van der Waals surface area contributed by atoms with E-state index in [1.807, 2.05) is 18.2 Å². The number of hydrogen-bond donors (Lipinski definition) is 1. The predicted octanol–water partition coefficient (Wildman–Crippen LogP) is 5.54. The summed E-state index contributed by atoms with van der Waals surface area (Å²) in [5, 5.41) is 0.768. The second-order valence-corrected chi connectivity index (χ2v) is 7.63. The van der Waals surface area contributed by atoms with Gasteiger partial charge in [0.1, 0.15) is 5.82 Å². The van der Waals surface area contributed by atoms with E-state index in [0.29, 0.717) is 11.3 Å². The molecule has 3 rings (SSSR count). The Morgan fingerprint density at radius 2 is 1.85 bits per heavy atom. The Morgan fingerprint density at radius 1 is 1.15 bits per heavy atom. The smallest absolute Gasteiger partial charge is 0.110 e. The van der Waals surface area contributed by atoms with E-state index in [0.717, 1.165) is 27.8 Å². The molecule has 1 saturated carbocycles. The van der Waals surface area contributed by atoms with Crippen LogP contribution in [0.1, 0.15) is 58.2 Å². The van der Waals surface area contributed by atoms with Crippen molar-refractivity contribution in [3.63, 3.8) is 0 Å². The van der Waals surface area contributed by atoms with Crippen LogP contribution in [0.4, 0.5) is 0 Å². The number of benzene rings is 1. The minimum Gasteiger partial charge on any atom is -0.342 e. The summed E-state index contributed by atoms with van der Waals surface area (Å²) < 4.78 is 0. The molecule has 2 aromatic rings. The molecule has 1 N–H and O–H groups in total. The van der Waals surface area contributed by atoms with Gasteiger partial charge in [0.05, 0.1) is 11.0 Å². The molecule has 1 aliphatic rings. The first-order valence-corrected chi connectivity index (χ1v) is 7.96. The number of imidazole rings is 1. The summed E-state index contributed by atoms with van der Waals surface area (Å²) in [5.41, 5.74) is 2.53. The molecule has 0 atom stereocenters. The van der Waals surface area contributed by atoms with E-state index in [1.54, 1.807) is 0 Å². The predicted molar refractivity (Wildman–Crippen MR) is 85.3 cm³/mol. The summed E-state index contributed by atoms with van der Waals surface area (Å²) >= 11 is 6.04. The lowest BCUT2D eigenvalue weighted by molar-refractivity contribution is 0.167. The molecule has 2 nitrogen and oxygen atoms in total. The molecule has 0 saturated heterocycles. The number of nitrogens with one attached hydrogen (secondary N) is 1. The summed E-state index contributed by atoms with van der Waals surface area (Å²) in [4.78, 5) is 8.21. The van der Waals surface area contributed by atoms with E-state index in [1.165, 1.54) is 25.7 Å². The second-order valence-electron chi connectivity index (χ2n) is 7.20. The lowest BCUT2D eigenvalue weighted by Crippen LogP contribution is -2.25. The van der Waals surface area contributed by atoms with Crippen molar-refractivity contribution in [2.75, 3.05) is 0 Å². The Bertz CT molecular complexity index is 601. The maximum atomic E-state index is 6.04. The zero-order valence-electron chi connectivity index (χ0n) is 12.5. The number of hydrogen-bond acceptors (Lipinski definition) is 1. The highest BCUT2D eigenvalue weighted by Gasteiger charge is 2.31. The van der Waals surface area contributed by atoms with Gasteiger partial charge in [-0.1, -0.05) is 32.4 Å². The van der Waals surface area contributed by atoms with Crippen molar-refractivity contribution in [2.24, 2.45) is 11.3 Å². The number of nitrogens with zero attached hydrogens (tertiary/aromatic N) is 1. The third-order valence-corrected chi connectivity index (χ3v) is 5.04. The monoisotopic (exact) mass is 290 g/mol. The summed E-state index contributed by atoms with van der Waals surface area (Å²) in [6.07, 6.45) is 5.11. The van der Waals surface area contributed by atoms with Crippen LogP contribution in [0.3, 0.4) is 0 Å². The quantitative estimate of drug-likeness (QED) is 0.734. The highest BCUT2D eigenvalue weighted by atomic mass is 35.5. The third-order valence-electron chi connectivity index (χ3n) is 4.80. The third kappa shape index (κ3) is 2.71. The number of fused-ring (bicyclic) bond motifs is 1. The van der Waals surface area contributed by atoms with Gasteiger partial charge in [0.15, 0.2) is 0 Å². The summed E-state index contributed by atoms with van der Waals surface area (Å²) in [7, 11) is 0. The maximum absolute atomic E-state index is 6.04. The zero-order valence-corrected chi connectivity index (χ0v) is 13.3. The Morgan fingerprint density at radius 3 is 2.50 bits per heavy atom. The zero-order chi connectivity index (χ0) is 14.3. The first-order valence-electron chi connectivity index (χ1n) is 7.58. The molecule has 1 aromatic heterocycles. The van der Waals surface area contributed by atoms with Crippen LogP contribution >= 0.6 is 11.6 Å². The topological polar surface area (TPSA) is 28.7 Å². The van der Waals surface area contributed by atoms with Crippen LogP contribution in [0.15, 0.2) is 18.2 Å². The van der Waals surface area contributed by atoms with Crippen LogP contribution in [0.5, 0.6) is 0 Å². The molecule has 0 aliphatic heterocycles. The normalized spacial score (nSPS) is 24.2. The van der Waals surface area contributed by atoms with Crippen LogP contribution in [-0.2, 0) is 0 Å². The van der Waals surface area contributed by atoms with Gasteiger partial charge in [-0.25, -0.2) is 4.98 Å². The van der Waals surface area contributed by atoms with Crippen LogP contribution in [0, 0.1) is 11.3 Å². The maximum Gasteiger partial charge on any atom is 0.110 e. The number of H-pyrrole nitrogens is 1. The van der Waals surface area contributed by atoms with Gasteiger partial charge < -0.3 is 4.98 Å². The van der Waals surface area contributed by atoms with E-state index < -0.39 is 0 Å². The van der Waals surface area contributed by atoms with E-state index in [4.69, 9.17) is 16.6 Å². The standard InChI is InChI=1S/C17H23ClN2/c1-17(2,3)12-6-4-11(5-7-12)16-19-14-9-8-13(18)10-15(14)20-16/h8-12H,4-7H2,1-3H3,(H,19,20). The SMILES string of the molecule is CC(C)(C)C1CCC(c2nc3ccc(Cl)cc3[nH]2)CC1. The fourth-order valence-electron chi connectivity index (χ4n) is 3.43. The van der Waals surface area contributed by atoms with E-state index in [9.17, 15) is 0 Å². The molecule has 1 aliphatic carbocycles. The molecule has 1 fully saturated rings. The minimum atomic E-state index is 0.437. The van der Waals surface area contributed by atoms with Crippen molar-refractivity contribution in [2.45, 2.75) is 52.4 Å². The molecule has 0 amide bonds. The van der Waals surface area contributed by atoms with Gasteiger partial charge in [0.25, 0.3) is 0 Å². The second kappa shape index (κ2) is 5.07. The van der Waals surface area contributed by atoms with Gasteiger partial charge in [0, 0.05) is 10.9 Å². The molecule has 0 radical (unpaired) electrons. The Kier molecular flexibility index (Phi) is 3.53. The van der Waals surface area contributed by atoms with Crippen molar-refractivity contribution < 1.29 is 0 Å². The van der Waals surface area contributed by atoms with E-state index >= 15 is 0 Å². The molecule has 20 heavy (non-hydrogen) atoms. The number of halogens is 1. The van der Waals surface area contributed by atoms with Crippen LogP contribution in [0.25, 0.3) is 11.0 Å². The summed E-state index contributed by atoms with van der Waals surface area (Å²) in [6.45, 7) is 7.09. The molecular formula is C17H23ClN2. The summed E-state index contributed by atoms with van der Waals surface area (Å²) in [5.74, 6) is 2.58. The average Bonchev–Trinajstić information content (AvgIpc) is 2.80. The Hall–Kier alpha value is -1.02. The van der Waals surface area contributed by atoms with Crippen molar-refractivity contribution in [1.29, 1.82) is 0 Å². The number of aromatic amines is 1. The van der Waals surface area contributed by atoms with Gasteiger partial charge in [-0.3, -0.25) is 0 Å². The fourth-order valence-corrected chi connectivity index (χ4v) is 3.60. The van der Waals surface area contributed by atoms with Gasteiger partial charge >= 0.3 is 0 Å². The van der Waals surface area contributed by atoms with E-state index in [2.05, 4.69) is 25.8 Å². The minimum absolute atomic E-state index is 0.437. The van der Waals surface area contributed by atoms with Crippen molar-refractivity contribution in [3.8, 4) is 0 Å². The molecular weight excluding hydrogens is 268 g/mol. The Labute approximate surface area is 125 Å². The largest absolute Gasteiger partial charge is 0.342 e. The molecule has 3 heteroatoms. The number of rotatable bonds is 1. The van der Waals surface area contributed by atoms with Crippen LogP contribution in [-0.4, -0.2) is 9.97 Å². The molecule has 1 heterocycles. The van der Waals surface area contributed by atoms with Gasteiger partial charge in [-0.15, -0.1) is 0 Å². The molecule has 1 aromatic carbocycles. The molecule has 108 valence electrons.